The van der Waals surface area contributed by atoms with Crippen molar-refractivity contribution < 1.29 is 15.0 Å². The molecule has 0 spiro atoms. The van der Waals surface area contributed by atoms with Crippen molar-refractivity contribution >= 4 is 5.97 Å². The summed E-state index contributed by atoms with van der Waals surface area (Å²) in [6, 6.07) is 0. The van der Waals surface area contributed by atoms with Crippen LogP contribution < -0.4 is 0 Å². The van der Waals surface area contributed by atoms with Crippen molar-refractivity contribution in [2.45, 2.75) is 53.1 Å². The van der Waals surface area contributed by atoms with Gasteiger partial charge in [0.15, 0.2) is 0 Å². The maximum absolute atomic E-state index is 10.8. The molecule has 3 nitrogen and oxygen atoms in total. The summed E-state index contributed by atoms with van der Waals surface area (Å²) < 4.78 is 0. The summed E-state index contributed by atoms with van der Waals surface area (Å²) in [7, 11) is 0. The summed E-state index contributed by atoms with van der Waals surface area (Å²) in [5, 5.41) is 18.9. The molecule has 2 unspecified atom stereocenters. The van der Waals surface area contributed by atoms with E-state index in [0.717, 1.165) is 12.8 Å². The fraction of sp³-hybridized carbons (Fsp3) is 0.562. The number of hydrogen-bond donors (Lipinski definition) is 2. The Morgan fingerprint density at radius 1 is 1.32 bits per heavy atom. The molecule has 0 bridgehead atoms. The van der Waals surface area contributed by atoms with Crippen LogP contribution in [0.2, 0.25) is 0 Å². The van der Waals surface area contributed by atoms with Crippen LogP contribution in [0.5, 0.6) is 0 Å². The summed E-state index contributed by atoms with van der Waals surface area (Å²) in [4.78, 5) is 10.8. The molecule has 0 saturated heterocycles. The van der Waals surface area contributed by atoms with E-state index in [1.165, 1.54) is 31.1 Å². The molecule has 0 aliphatic heterocycles. The zero-order valence-electron chi connectivity index (χ0n) is 12.6. The van der Waals surface area contributed by atoms with Crippen molar-refractivity contribution in [3.05, 3.63) is 35.5 Å². The third-order valence-corrected chi connectivity index (χ3v) is 3.15. The zero-order chi connectivity index (χ0) is 15.1. The number of carboxylic acid groups (broad SMARTS) is 1. The smallest absolute Gasteiger partial charge is 0.309 e. The van der Waals surface area contributed by atoms with Crippen LogP contribution in [-0.4, -0.2) is 21.8 Å². The van der Waals surface area contributed by atoms with Gasteiger partial charge in [-0.2, -0.15) is 0 Å². The Morgan fingerprint density at radius 2 is 1.89 bits per heavy atom. The van der Waals surface area contributed by atoms with E-state index < -0.39 is 17.5 Å². The van der Waals surface area contributed by atoms with Gasteiger partial charge in [-0.05, 0) is 47.5 Å². The second kappa shape index (κ2) is 7.95. The predicted molar refractivity (Wildman–Crippen MR) is 79.0 cm³/mol. The topological polar surface area (TPSA) is 57.5 Å². The molecule has 0 aromatic carbocycles. The number of rotatable bonds is 7. The molecule has 0 aromatic heterocycles. The molecule has 3 heteroatoms. The standard InChI is InChI=1S/C16H26O3/c1-12(2)8-6-9-13(3)10-7-11-16(5,19)14(4)15(17)18/h7-8,10-11,14,19H,6,9H2,1-5H3,(H,17,18). The molecule has 19 heavy (non-hydrogen) atoms. The first-order valence-corrected chi connectivity index (χ1v) is 6.60. The summed E-state index contributed by atoms with van der Waals surface area (Å²) in [6.45, 7) is 9.18. The predicted octanol–water partition coefficient (Wildman–Crippen LogP) is 3.71. The van der Waals surface area contributed by atoms with Crippen molar-refractivity contribution in [2.24, 2.45) is 5.92 Å². The molecule has 0 radical (unpaired) electrons. The van der Waals surface area contributed by atoms with E-state index in [-0.39, 0.29) is 0 Å². The number of carbonyl (C=O) groups is 1. The van der Waals surface area contributed by atoms with Gasteiger partial charge in [0.2, 0.25) is 0 Å². The average Bonchev–Trinajstić information content (AvgIpc) is 2.26. The van der Waals surface area contributed by atoms with Crippen LogP contribution in [0, 0.1) is 5.92 Å². The van der Waals surface area contributed by atoms with Crippen LogP contribution in [0.3, 0.4) is 0 Å². The maximum Gasteiger partial charge on any atom is 0.309 e. The maximum atomic E-state index is 10.8. The Morgan fingerprint density at radius 3 is 2.37 bits per heavy atom. The molecule has 0 heterocycles. The third-order valence-electron chi connectivity index (χ3n) is 3.15. The molecule has 0 aliphatic carbocycles. The van der Waals surface area contributed by atoms with Crippen LogP contribution in [0.1, 0.15) is 47.5 Å². The van der Waals surface area contributed by atoms with Gasteiger partial charge in [0.25, 0.3) is 0 Å². The summed E-state index contributed by atoms with van der Waals surface area (Å²) in [5.41, 5.74) is 1.18. The van der Waals surface area contributed by atoms with Crippen molar-refractivity contribution in [1.29, 1.82) is 0 Å². The van der Waals surface area contributed by atoms with Gasteiger partial charge in [-0.1, -0.05) is 35.5 Å². The van der Waals surface area contributed by atoms with Crippen LogP contribution in [-0.2, 0) is 4.79 Å². The second-order valence-electron chi connectivity index (χ2n) is 5.48. The fourth-order valence-corrected chi connectivity index (χ4v) is 1.47. The lowest BCUT2D eigenvalue weighted by Crippen LogP contribution is -2.35. The molecular formula is C16H26O3. The van der Waals surface area contributed by atoms with Crippen LogP contribution in [0.25, 0.3) is 0 Å². The third kappa shape index (κ3) is 7.62. The summed E-state index contributed by atoms with van der Waals surface area (Å²) in [6.07, 6.45) is 9.34. The van der Waals surface area contributed by atoms with Crippen molar-refractivity contribution in [1.82, 2.24) is 0 Å². The number of aliphatic hydroxyl groups is 1. The quantitative estimate of drug-likeness (QED) is 0.545. The van der Waals surface area contributed by atoms with Crippen LogP contribution in [0.4, 0.5) is 0 Å². The van der Waals surface area contributed by atoms with Crippen LogP contribution in [0.15, 0.2) is 35.5 Å². The second-order valence-corrected chi connectivity index (χ2v) is 5.48. The Hall–Kier alpha value is -1.35. The van der Waals surface area contributed by atoms with Gasteiger partial charge in [-0.3, -0.25) is 4.79 Å². The number of carboxylic acids is 1. The van der Waals surface area contributed by atoms with Crippen molar-refractivity contribution in [2.75, 3.05) is 0 Å². The molecule has 0 fully saturated rings. The van der Waals surface area contributed by atoms with E-state index in [0.29, 0.717) is 0 Å². The van der Waals surface area contributed by atoms with Gasteiger partial charge >= 0.3 is 5.97 Å². The molecular weight excluding hydrogens is 240 g/mol. The summed E-state index contributed by atoms with van der Waals surface area (Å²) in [5.74, 6) is -1.83. The number of aliphatic carboxylic acids is 1. The van der Waals surface area contributed by atoms with Gasteiger partial charge in [-0.25, -0.2) is 0 Å². The average molecular weight is 266 g/mol. The molecule has 0 rings (SSSR count). The van der Waals surface area contributed by atoms with Crippen LogP contribution >= 0.6 is 0 Å². The normalized spacial score (nSPS) is 17.1. The highest BCUT2D eigenvalue weighted by molar-refractivity contribution is 5.71. The van der Waals surface area contributed by atoms with Gasteiger partial charge < -0.3 is 10.2 Å². The highest BCUT2D eigenvalue weighted by Gasteiger charge is 2.30. The van der Waals surface area contributed by atoms with Crippen molar-refractivity contribution in [3.63, 3.8) is 0 Å². The Kier molecular flexibility index (Phi) is 7.38. The molecule has 2 N–H and O–H groups in total. The lowest BCUT2D eigenvalue weighted by molar-refractivity contribution is -0.147. The molecule has 0 aliphatic rings. The fourth-order valence-electron chi connectivity index (χ4n) is 1.47. The monoisotopic (exact) mass is 266 g/mol. The van der Waals surface area contributed by atoms with E-state index in [2.05, 4.69) is 19.9 Å². The SMILES string of the molecule is CC(C)=CCCC(C)=CC=CC(C)(O)C(C)C(=O)O. The minimum atomic E-state index is -1.33. The highest BCUT2D eigenvalue weighted by atomic mass is 16.4. The van der Waals surface area contributed by atoms with Gasteiger partial charge in [0, 0.05) is 0 Å². The van der Waals surface area contributed by atoms with Gasteiger partial charge in [0.05, 0.1) is 11.5 Å². The van der Waals surface area contributed by atoms with E-state index >= 15 is 0 Å². The van der Waals surface area contributed by atoms with Gasteiger partial charge in [0.1, 0.15) is 0 Å². The van der Waals surface area contributed by atoms with E-state index in [1.54, 1.807) is 6.08 Å². The first-order chi connectivity index (χ1) is 8.66. The number of allylic oxidation sites excluding steroid dienone is 5. The van der Waals surface area contributed by atoms with E-state index in [4.69, 9.17) is 5.11 Å². The first kappa shape index (κ1) is 17.6. The molecule has 0 saturated carbocycles. The largest absolute Gasteiger partial charge is 0.481 e. The summed E-state index contributed by atoms with van der Waals surface area (Å²) >= 11 is 0. The molecule has 0 aromatic rings. The minimum Gasteiger partial charge on any atom is -0.481 e. The molecule has 108 valence electrons. The lowest BCUT2D eigenvalue weighted by Gasteiger charge is -2.23. The molecule has 2 atom stereocenters. The van der Waals surface area contributed by atoms with E-state index in [9.17, 15) is 9.90 Å². The Bertz CT molecular complexity index is 383. The number of hydrogen-bond acceptors (Lipinski definition) is 2. The minimum absolute atomic E-state index is 0.830. The zero-order valence-corrected chi connectivity index (χ0v) is 12.6. The van der Waals surface area contributed by atoms with Gasteiger partial charge in [-0.15, -0.1) is 0 Å². The van der Waals surface area contributed by atoms with E-state index in [1.807, 2.05) is 13.0 Å². The first-order valence-electron chi connectivity index (χ1n) is 6.60. The van der Waals surface area contributed by atoms with Crippen molar-refractivity contribution in [3.8, 4) is 0 Å². The lowest BCUT2D eigenvalue weighted by atomic mass is 9.90. The highest BCUT2D eigenvalue weighted by Crippen LogP contribution is 2.19. The Labute approximate surface area is 116 Å². The Balaban J connectivity index is 4.47. The molecule has 0 amide bonds.